The van der Waals surface area contributed by atoms with Crippen LogP contribution in [0.15, 0.2) is 30.7 Å². The van der Waals surface area contributed by atoms with Crippen molar-refractivity contribution in [2.45, 2.75) is 19.9 Å². The van der Waals surface area contributed by atoms with E-state index >= 15 is 0 Å². The second-order valence-electron chi connectivity index (χ2n) is 4.62. The summed E-state index contributed by atoms with van der Waals surface area (Å²) in [6.45, 7) is 4.14. The lowest BCUT2D eigenvalue weighted by atomic mass is 10.1. The molecule has 0 aliphatic carbocycles. The van der Waals surface area contributed by atoms with Crippen molar-refractivity contribution in [1.29, 1.82) is 0 Å². The summed E-state index contributed by atoms with van der Waals surface area (Å²) in [6.07, 6.45) is 6.36. The van der Waals surface area contributed by atoms with E-state index in [1.807, 2.05) is 24.5 Å². The fourth-order valence-corrected chi connectivity index (χ4v) is 2.65. The van der Waals surface area contributed by atoms with Crippen molar-refractivity contribution in [3.63, 3.8) is 0 Å². The number of aliphatic hydroxyl groups is 1. The lowest BCUT2D eigenvalue weighted by Gasteiger charge is -2.09. The monoisotopic (exact) mass is 277 g/mol. The van der Waals surface area contributed by atoms with Crippen molar-refractivity contribution >= 4 is 11.3 Å². The van der Waals surface area contributed by atoms with Gasteiger partial charge in [-0.25, -0.2) is 4.98 Å². The van der Waals surface area contributed by atoms with E-state index in [0.29, 0.717) is 5.92 Å². The first-order chi connectivity index (χ1) is 9.29. The number of hydrogen-bond acceptors (Lipinski definition) is 5. The van der Waals surface area contributed by atoms with Crippen LogP contribution in [0.2, 0.25) is 0 Å². The van der Waals surface area contributed by atoms with Crippen LogP contribution in [0.25, 0.3) is 10.6 Å². The first-order valence-corrected chi connectivity index (χ1v) is 7.28. The lowest BCUT2D eigenvalue weighted by Crippen LogP contribution is -2.20. The van der Waals surface area contributed by atoms with Crippen molar-refractivity contribution in [1.82, 2.24) is 15.3 Å². The van der Waals surface area contributed by atoms with Gasteiger partial charge in [0, 0.05) is 42.2 Å². The van der Waals surface area contributed by atoms with E-state index in [-0.39, 0.29) is 6.61 Å². The van der Waals surface area contributed by atoms with E-state index in [0.717, 1.165) is 30.1 Å². The first kappa shape index (κ1) is 14.1. The van der Waals surface area contributed by atoms with Crippen LogP contribution in [-0.4, -0.2) is 28.2 Å². The Hall–Kier alpha value is -1.30. The highest BCUT2D eigenvalue weighted by Crippen LogP contribution is 2.23. The Balaban J connectivity index is 1.85. The zero-order valence-corrected chi connectivity index (χ0v) is 11.9. The molecule has 0 fully saturated rings. The smallest absolute Gasteiger partial charge is 0.125 e. The SMILES string of the molecule is C[C@@H](CCO)CNCc1cnc(-c2cccnc2)s1. The van der Waals surface area contributed by atoms with E-state index in [1.54, 1.807) is 17.5 Å². The molecule has 2 N–H and O–H groups in total. The third-order valence-electron chi connectivity index (χ3n) is 2.88. The number of thiazole rings is 1. The highest BCUT2D eigenvalue weighted by atomic mass is 32.1. The quantitative estimate of drug-likeness (QED) is 0.815. The van der Waals surface area contributed by atoms with Crippen LogP contribution in [0.1, 0.15) is 18.2 Å². The normalized spacial score (nSPS) is 12.5. The fourth-order valence-electron chi connectivity index (χ4n) is 1.78. The number of nitrogens with zero attached hydrogens (tertiary/aromatic N) is 2. The molecule has 2 rings (SSSR count). The molecule has 0 saturated carbocycles. The van der Waals surface area contributed by atoms with Gasteiger partial charge in [-0.1, -0.05) is 6.92 Å². The fraction of sp³-hybridized carbons (Fsp3) is 0.429. The second-order valence-corrected chi connectivity index (χ2v) is 5.74. The van der Waals surface area contributed by atoms with Crippen LogP contribution in [0.3, 0.4) is 0 Å². The average Bonchev–Trinajstić information content (AvgIpc) is 2.89. The molecule has 4 nitrogen and oxygen atoms in total. The van der Waals surface area contributed by atoms with Gasteiger partial charge in [-0.2, -0.15) is 0 Å². The highest BCUT2D eigenvalue weighted by molar-refractivity contribution is 7.15. The van der Waals surface area contributed by atoms with Gasteiger partial charge in [-0.3, -0.25) is 4.98 Å². The van der Waals surface area contributed by atoms with Gasteiger partial charge in [-0.05, 0) is 31.0 Å². The molecule has 0 aliphatic heterocycles. The third kappa shape index (κ3) is 4.38. The Kier molecular flexibility index (Phi) is 5.44. The predicted octanol–water partition coefficient (Wildman–Crippen LogP) is 2.31. The van der Waals surface area contributed by atoms with Crippen LogP contribution in [0.4, 0.5) is 0 Å². The summed E-state index contributed by atoms with van der Waals surface area (Å²) in [4.78, 5) is 9.74. The number of aliphatic hydroxyl groups excluding tert-OH is 1. The molecule has 0 spiro atoms. The Labute approximate surface area is 117 Å². The Morgan fingerprint density at radius 1 is 1.42 bits per heavy atom. The van der Waals surface area contributed by atoms with Crippen molar-refractivity contribution in [3.05, 3.63) is 35.6 Å². The summed E-state index contributed by atoms with van der Waals surface area (Å²) in [7, 11) is 0. The van der Waals surface area contributed by atoms with Gasteiger partial charge in [0.25, 0.3) is 0 Å². The minimum absolute atomic E-state index is 0.258. The zero-order valence-electron chi connectivity index (χ0n) is 11.0. The Morgan fingerprint density at radius 2 is 2.32 bits per heavy atom. The van der Waals surface area contributed by atoms with Crippen LogP contribution >= 0.6 is 11.3 Å². The molecule has 2 aromatic heterocycles. The maximum absolute atomic E-state index is 8.84. The minimum Gasteiger partial charge on any atom is -0.396 e. The summed E-state index contributed by atoms with van der Waals surface area (Å²) in [5, 5.41) is 13.2. The van der Waals surface area contributed by atoms with E-state index < -0.39 is 0 Å². The number of rotatable bonds is 7. The molecule has 0 bridgehead atoms. The van der Waals surface area contributed by atoms with E-state index in [4.69, 9.17) is 5.11 Å². The average molecular weight is 277 g/mol. The molecule has 0 unspecified atom stereocenters. The van der Waals surface area contributed by atoms with Crippen LogP contribution in [0.5, 0.6) is 0 Å². The van der Waals surface area contributed by atoms with Gasteiger partial charge in [0.15, 0.2) is 0 Å². The highest BCUT2D eigenvalue weighted by Gasteiger charge is 2.05. The first-order valence-electron chi connectivity index (χ1n) is 6.46. The van der Waals surface area contributed by atoms with Gasteiger partial charge in [0.1, 0.15) is 5.01 Å². The molecular formula is C14H19N3OS. The topological polar surface area (TPSA) is 58.0 Å². The van der Waals surface area contributed by atoms with Gasteiger partial charge < -0.3 is 10.4 Å². The van der Waals surface area contributed by atoms with Crippen LogP contribution in [0, 0.1) is 5.92 Å². The Morgan fingerprint density at radius 3 is 3.05 bits per heavy atom. The maximum atomic E-state index is 8.84. The van der Waals surface area contributed by atoms with E-state index in [9.17, 15) is 0 Å². The summed E-state index contributed by atoms with van der Waals surface area (Å²) in [5.74, 6) is 0.496. The molecule has 0 radical (unpaired) electrons. The molecule has 0 aliphatic rings. The van der Waals surface area contributed by atoms with Crippen molar-refractivity contribution in [3.8, 4) is 10.6 Å². The summed E-state index contributed by atoms with van der Waals surface area (Å²) in [6, 6.07) is 3.94. The molecule has 1 atom stereocenters. The number of aromatic nitrogens is 2. The summed E-state index contributed by atoms with van der Waals surface area (Å²) in [5.41, 5.74) is 1.06. The van der Waals surface area contributed by atoms with Crippen LogP contribution in [-0.2, 0) is 6.54 Å². The molecular weight excluding hydrogens is 258 g/mol. The lowest BCUT2D eigenvalue weighted by molar-refractivity contribution is 0.260. The number of pyridine rings is 1. The molecule has 2 heterocycles. The summed E-state index contributed by atoms with van der Waals surface area (Å²) >= 11 is 1.69. The van der Waals surface area contributed by atoms with Gasteiger partial charge in [-0.15, -0.1) is 11.3 Å². The van der Waals surface area contributed by atoms with Gasteiger partial charge in [0.2, 0.25) is 0 Å². The second kappa shape index (κ2) is 7.33. The molecule has 19 heavy (non-hydrogen) atoms. The van der Waals surface area contributed by atoms with Crippen LogP contribution < -0.4 is 5.32 Å². The standard InChI is InChI=1S/C14H19N3OS/c1-11(4-6-18)7-16-9-13-10-17-14(19-13)12-3-2-5-15-8-12/h2-3,5,8,10-11,16,18H,4,6-7,9H2,1H3/t11-/m0/s1. The van der Waals surface area contributed by atoms with E-state index in [2.05, 4.69) is 22.2 Å². The van der Waals surface area contributed by atoms with Crippen molar-refractivity contribution in [2.24, 2.45) is 5.92 Å². The molecule has 2 aromatic rings. The Bertz CT molecular complexity index is 486. The molecule has 5 heteroatoms. The van der Waals surface area contributed by atoms with Crippen molar-refractivity contribution < 1.29 is 5.11 Å². The van der Waals surface area contributed by atoms with Gasteiger partial charge >= 0.3 is 0 Å². The third-order valence-corrected chi connectivity index (χ3v) is 3.92. The molecule has 102 valence electrons. The largest absolute Gasteiger partial charge is 0.396 e. The molecule has 0 amide bonds. The minimum atomic E-state index is 0.258. The molecule has 0 saturated heterocycles. The predicted molar refractivity (Wildman–Crippen MR) is 77.9 cm³/mol. The zero-order chi connectivity index (χ0) is 13.5. The van der Waals surface area contributed by atoms with Gasteiger partial charge in [0.05, 0.1) is 0 Å². The van der Waals surface area contributed by atoms with Crippen molar-refractivity contribution in [2.75, 3.05) is 13.2 Å². The number of nitrogens with one attached hydrogen (secondary N) is 1. The number of hydrogen-bond donors (Lipinski definition) is 2. The maximum Gasteiger partial charge on any atom is 0.125 e. The summed E-state index contributed by atoms with van der Waals surface area (Å²) < 4.78 is 0. The molecule has 0 aromatic carbocycles. The van der Waals surface area contributed by atoms with E-state index in [1.165, 1.54) is 4.88 Å².